The van der Waals surface area contributed by atoms with Crippen molar-refractivity contribution in [3.8, 4) is 0 Å². The molecule has 1 fully saturated rings. The van der Waals surface area contributed by atoms with Crippen molar-refractivity contribution in [3.05, 3.63) is 11.7 Å². The molecule has 1 aliphatic heterocycles. The lowest BCUT2D eigenvalue weighted by atomic mass is 9.89. The van der Waals surface area contributed by atoms with Crippen LogP contribution < -0.4 is 5.32 Å². The lowest BCUT2D eigenvalue weighted by molar-refractivity contribution is 0.357. The standard InChI is InChI=1S/C12H18N4OS/c1-9-15-10(17-16-9)6-13-11-14-7-12(8-18-11)4-2-3-5-12/h2-8H2,1H3,(H,13,14). The molecule has 1 N–H and O–H groups in total. The van der Waals surface area contributed by atoms with E-state index in [2.05, 4.69) is 20.4 Å². The summed E-state index contributed by atoms with van der Waals surface area (Å²) in [7, 11) is 0. The van der Waals surface area contributed by atoms with E-state index in [1.165, 1.54) is 31.4 Å². The van der Waals surface area contributed by atoms with Crippen LogP contribution in [0.2, 0.25) is 0 Å². The monoisotopic (exact) mass is 266 g/mol. The number of nitrogens with zero attached hydrogens (tertiary/aromatic N) is 3. The van der Waals surface area contributed by atoms with Gasteiger partial charge in [0, 0.05) is 12.3 Å². The average molecular weight is 266 g/mol. The molecule has 0 amide bonds. The number of hydrogen-bond acceptors (Lipinski definition) is 6. The van der Waals surface area contributed by atoms with Gasteiger partial charge in [0.05, 0.1) is 6.54 Å². The maximum absolute atomic E-state index is 5.06. The highest BCUT2D eigenvalue weighted by molar-refractivity contribution is 8.13. The number of nitrogens with one attached hydrogen (secondary N) is 1. The van der Waals surface area contributed by atoms with Gasteiger partial charge in [0.25, 0.3) is 0 Å². The Morgan fingerprint density at radius 3 is 2.83 bits per heavy atom. The molecule has 0 atom stereocenters. The maximum atomic E-state index is 5.06. The number of aliphatic imine (C=N–C) groups is 1. The fourth-order valence-corrected chi connectivity index (χ4v) is 3.80. The van der Waals surface area contributed by atoms with Gasteiger partial charge in [0.1, 0.15) is 0 Å². The van der Waals surface area contributed by atoms with Crippen LogP contribution in [0.5, 0.6) is 0 Å². The summed E-state index contributed by atoms with van der Waals surface area (Å²) in [4.78, 5) is 8.83. The van der Waals surface area contributed by atoms with E-state index in [0.29, 0.717) is 23.7 Å². The summed E-state index contributed by atoms with van der Waals surface area (Å²) in [5.41, 5.74) is 0.497. The van der Waals surface area contributed by atoms with Gasteiger partial charge in [-0.25, -0.2) is 0 Å². The van der Waals surface area contributed by atoms with E-state index in [-0.39, 0.29) is 0 Å². The molecule has 6 heteroatoms. The minimum Gasteiger partial charge on any atom is -0.356 e. The van der Waals surface area contributed by atoms with Crippen LogP contribution in [0.4, 0.5) is 0 Å². The Kier molecular flexibility index (Phi) is 3.28. The van der Waals surface area contributed by atoms with E-state index in [0.717, 1.165) is 11.7 Å². The smallest absolute Gasteiger partial charge is 0.245 e. The zero-order valence-corrected chi connectivity index (χ0v) is 11.4. The molecule has 0 unspecified atom stereocenters. The third-order valence-corrected chi connectivity index (χ3v) is 5.00. The van der Waals surface area contributed by atoms with Crippen LogP contribution in [0.25, 0.3) is 0 Å². The SMILES string of the molecule is Cc1noc(CNC2=NCC3(CCCC3)CS2)n1. The van der Waals surface area contributed by atoms with Crippen LogP contribution in [0, 0.1) is 12.3 Å². The first-order valence-corrected chi connectivity index (χ1v) is 7.45. The second-order valence-electron chi connectivity index (χ2n) is 5.21. The topological polar surface area (TPSA) is 63.3 Å². The van der Waals surface area contributed by atoms with E-state index in [1.54, 1.807) is 0 Å². The zero-order valence-electron chi connectivity index (χ0n) is 10.6. The molecule has 2 heterocycles. The Labute approximate surface area is 111 Å². The highest BCUT2D eigenvalue weighted by atomic mass is 32.2. The number of rotatable bonds is 2. The first-order valence-electron chi connectivity index (χ1n) is 6.46. The summed E-state index contributed by atoms with van der Waals surface area (Å²) in [5, 5.41) is 8.06. The van der Waals surface area contributed by atoms with Crippen LogP contribution in [-0.4, -0.2) is 27.6 Å². The normalized spacial score (nSPS) is 22.2. The third-order valence-electron chi connectivity index (χ3n) is 3.70. The molecular formula is C12H18N4OS. The lowest BCUT2D eigenvalue weighted by Crippen LogP contribution is -2.33. The lowest BCUT2D eigenvalue weighted by Gasteiger charge is -2.30. The van der Waals surface area contributed by atoms with Crippen LogP contribution in [-0.2, 0) is 6.54 Å². The number of thioether (sulfide) groups is 1. The van der Waals surface area contributed by atoms with Gasteiger partial charge in [-0.15, -0.1) is 0 Å². The van der Waals surface area contributed by atoms with Crippen molar-refractivity contribution in [1.29, 1.82) is 0 Å². The quantitative estimate of drug-likeness (QED) is 0.888. The van der Waals surface area contributed by atoms with Gasteiger partial charge < -0.3 is 9.84 Å². The first-order chi connectivity index (χ1) is 8.76. The molecule has 5 nitrogen and oxygen atoms in total. The second-order valence-corrected chi connectivity index (χ2v) is 6.17. The van der Waals surface area contributed by atoms with Crippen molar-refractivity contribution in [2.45, 2.75) is 39.2 Å². The van der Waals surface area contributed by atoms with Crippen molar-refractivity contribution >= 4 is 16.9 Å². The summed E-state index contributed by atoms with van der Waals surface area (Å²) in [6.45, 7) is 3.37. The molecule has 18 heavy (non-hydrogen) atoms. The molecule has 1 saturated carbocycles. The number of aryl methyl sites for hydroxylation is 1. The van der Waals surface area contributed by atoms with E-state index < -0.39 is 0 Å². The maximum Gasteiger partial charge on any atom is 0.245 e. The van der Waals surface area contributed by atoms with E-state index in [1.807, 2.05) is 18.7 Å². The van der Waals surface area contributed by atoms with Crippen LogP contribution in [0.3, 0.4) is 0 Å². The van der Waals surface area contributed by atoms with Crippen molar-refractivity contribution in [2.24, 2.45) is 10.4 Å². The van der Waals surface area contributed by atoms with E-state index >= 15 is 0 Å². The van der Waals surface area contributed by atoms with Gasteiger partial charge in [0.2, 0.25) is 5.89 Å². The molecule has 0 saturated heterocycles. The minimum absolute atomic E-state index is 0.497. The van der Waals surface area contributed by atoms with Crippen LogP contribution >= 0.6 is 11.8 Å². The molecule has 0 bridgehead atoms. The molecular weight excluding hydrogens is 248 g/mol. The molecule has 98 valence electrons. The Morgan fingerprint density at radius 2 is 2.22 bits per heavy atom. The summed E-state index contributed by atoms with van der Waals surface area (Å²) in [6.07, 6.45) is 5.44. The average Bonchev–Trinajstić information content (AvgIpc) is 2.99. The third kappa shape index (κ3) is 2.53. The van der Waals surface area contributed by atoms with E-state index in [4.69, 9.17) is 4.52 Å². The van der Waals surface area contributed by atoms with Crippen LogP contribution in [0.15, 0.2) is 9.52 Å². The highest BCUT2D eigenvalue weighted by Gasteiger charge is 2.36. The Bertz CT molecular complexity index is 451. The van der Waals surface area contributed by atoms with Crippen molar-refractivity contribution < 1.29 is 4.52 Å². The molecule has 1 aromatic heterocycles. The van der Waals surface area contributed by atoms with Gasteiger partial charge in [0.15, 0.2) is 11.0 Å². The fourth-order valence-electron chi connectivity index (χ4n) is 2.65. The molecule has 0 radical (unpaired) electrons. The Morgan fingerprint density at radius 1 is 1.39 bits per heavy atom. The van der Waals surface area contributed by atoms with Crippen molar-refractivity contribution in [2.75, 3.05) is 12.3 Å². The van der Waals surface area contributed by atoms with Gasteiger partial charge in [-0.05, 0) is 25.2 Å². The Balaban J connectivity index is 1.54. The predicted molar refractivity (Wildman–Crippen MR) is 71.5 cm³/mol. The molecule has 2 aliphatic rings. The summed E-state index contributed by atoms with van der Waals surface area (Å²) >= 11 is 1.83. The van der Waals surface area contributed by atoms with Gasteiger partial charge in [-0.3, -0.25) is 4.99 Å². The van der Waals surface area contributed by atoms with Gasteiger partial charge in [-0.1, -0.05) is 29.8 Å². The molecule has 1 spiro atoms. The number of aromatic nitrogens is 2. The van der Waals surface area contributed by atoms with Gasteiger partial charge >= 0.3 is 0 Å². The molecule has 1 aromatic rings. The molecule has 0 aromatic carbocycles. The second kappa shape index (κ2) is 4.91. The first kappa shape index (κ1) is 12.0. The predicted octanol–water partition coefficient (Wildman–Crippen LogP) is 2.13. The summed E-state index contributed by atoms with van der Waals surface area (Å²) in [6, 6.07) is 0. The van der Waals surface area contributed by atoms with Gasteiger partial charge in [-0.2, -0.15) is 4.98 Å². The Hall–Kier alpha value is -1.04. The van der Waals surface area contributed by atoms with Crippen molar-refractivity contribution in [1.82, 2.24) is 15.5 Å². The minimum atomic E-state index is 0.497. The number of hydrogen-bond donors (Lipinski definition) is 1. The van der Waals surface area contributed by atoms with E-state index in [9.17, 15) is 0 Å². The van der Waals surface area contributed by atoms with Crippen molar-refractivity contribution in [3.63, 3.8) is 0 Å². The fraction of sp³-hybridized carbons (Fsp3) is 0.750. The molecule has 3 rings (SSSR count). The number of amidine groups is 1. The van der Waals surface area contributed by atoms with Crippen LogP contribution in [0.1, 0.15) is 37.4 Å². The zero-order chi connectivity index (χ0) is 12.4. The largest absolute Gasteiger partial charge is 0.356 e. The summed E-state index contributed by atoms with van der Waals surface area (Å²) in [5.74, 6) is 2.49. The molecule has 1 aliphatic carbocycles. The summed E-state index contributed by atoms with van der Waals surface area (Å²) < 4.78 is 5.06. The highest BCUT2D eigenvalue weighted by Crippen LogP contribution is 2.43.